The first-order chi connectivity index (χ1) is 15.5. The van der Waals surface area contributed by atoms with E-state index < -0.39 is 23.6 Å². The SMILES string of the molecule is CCOCCC(C(=O)O)C(c1ccc(F)cc1)c1ccnc(Nc2ccc(C#N)cc2)n1. The number of hydrogen-bond donors (Lipinski definition) is 2. The monoisotopic (exact) mass is 434 g/mol. The fourth-order valence-corrected chi connectivity index (χ4v) is 3.43. The van der Waals surface area contributed by atoms with Gasteiger partial charge in [-0.25, -0.2) is 14.4 Å². The number of anilines is 2. The van der Waals surface area contributed by atoms with Gasteiger partial charge >= 0.3 is 5.97 Å². The van der Waals surface area contributed by atoms with E-state index in [-0.39, 0.29) is 19.0 Å². The van der Waals surface area contributed by atoms with Gasteiger partial charge in [0, 0.05) is 31.0 Å². The van der Waals surface area contributed by atoms with Gasteiger partial charge in [-0.1, -0.05) is 12.1 Å². The highest BCUT2D eigenvalue weighted by Gasteiger charge is 2.32. The Balaban J connectivity index is 1.96. The first-order valence-electron chi connectivity index (χ1n) is 10.2. The molecular formula is C24H23FN4O3. The first-order valence-corrected chi connectivity index (χ1v) is 10.2. The predicted octanol–water partition coefficient (Wildman–Crippen LogP) is 4.49. The number of benzene rings is 2. The van der Waals surface area contributed by atoms with Gasteiger partial charge in [-0.15, -0.1) is 0 Å². The number of carboxylic acid groups (broad SMARTS) is 1. The summed E-state index contributed by atoms with van der Waals surface area (Å²) < 4.78 is 18.9. The second-order valence-corrected chi connectivity index (χ2v) is 7.08. The Morgan fingerprint density at radius 3 is 2.53 bits per heavy atom. The molecule has 0 saturated heterocycles. The molecule has 8 heteroatoms. The standard InChI is InChI=1S/C24H23FN4O3/c1-2-32-14-12-20(23(30)31)22(17-5-7-18(25)8-6-17)21-11-13-27-24(29-21)28-19-9-3-16(15-26)4-10-19/h3-11,13,20,22H,2,12,14H2,1H3,(H,30,31)(H,27,28,29). The molecule has 3 aromatic rings. The summed E-state index contributed by atoms with van der Waals surface area (Å²) in [5.41, 5.74) is 2.34. The smallest absolute Gasteiger partial charge is 0.307 e. The van der Waals surface area contributed by atoms with Gasteiger partial charge in [0.25, 0.3) is 0 Å². The summed E-state index contributed by atoms with van der Waals surface area (Å²) in [5.74, 6) is -2.56. The molecule has 2 aromatic carbocycles. The van der Waals surface area contributed by atoms with E-state index in [9.17, 15) is 14.3 Å². The second-order valence-electron chi connectivity index (χ2n) is 7.08. The third kappa shape index (κ3) is 5.86. The van der Waals surface area contributed by atoms with Gasteiger partial charge in [-0.2, -0.15) is 5.26 Å². The van der Waals surface area contributed by atoms with Crippen LogP contribution in [0.3, 0.4) is 0 Å². The molecule has 0 bridgehead atoms. The van der Waals surface area contributed by atoms with Crippen molar-refractivity contribution < 1.29 is 19.0 Å². The summed E-state index contributed by atoms with van der Waals surface area (Å²) >= 11 is 0. The molecule has 2 atom stereocenters. The van der Waals surface area contributed by atoms with Gasteiger partial charge in [0.05, 0.1) is 23.2 Å². The molecule has 7 nitrogen and oxygen atoms in total. The topological polar surface area (TPSA) is 108 Å². The summed E-state index contributed by atoms with van der Waals surface area (Å²) in [7, 11) is 0. The highest BCUT2D eigenvalue weighted by atomic mass is 19.1. The molecule has 0 radical (unpaired) electrons. The molecule has 0 spiro atoms. The number of nitriles is 1. The van der Waals surface area contributed by atoms with E-state index in [1.807, 2.05) is 6.92 Å². The molecule has 2 unspecified atom stereocenters. The fourth-order valence-electron chi connectivity index (χ4n) is 3.43. The van der Waals surface area contributed by atoms with Gasteiger partial charge in [-0.3, -0.25) is 4.79 Å². The maximum atomic E-state index is 13.5. The molecule has 2 N–H and O–H groups in total. The van der Waals surface area contributed by atoms with Crippen molar-refractivity contribution in [1.82, 2.24) is 9.97 Å². The Hall–Kier alpha value is -3.83. The third-order valence-corrected chi connectivity index (χ3v) is 4.99. The van der Waals surface area contributed by atoms with Crippen molar-refractivity contribution in [2.45, 2.75) is 19.3 Å². The van der Waals surface area contributed by atoms with E-state index in [4.69, 9.17) is 10.00 Å². The number of aromatic nitrogens is 2. The molecule has 0 aliphatic rings. The van der Waals surface area contributed by atoms with Crippen molar-refractivity contribution in [3.05, 3.63) is 83.4 Å². The van der Waals surface area contributed by atoms with Crippen LogP contribution >= 0.6 is 0 Å². The van der Waals surface area contributed by atoms with E-state index in [0.717, 1.165) is 0 Å². The van der Waals surface area contributed by atoms with Crippen LogP contribution in [0.15, 0.2) is 60.8 Å². The first kappa shape index (κ1) is 22.8. The lowest BCUT2D eigenvalue weighted by molar-refractivity contribution is -0.143. The van der Waals surface area contributed by atoms with E-state index in [1.54, 1.807) is 48.7 Å². The van der Waals surface area contributed by atoms with Crippen molar-refractivity contribution in [1.29, 1.82) is 5.26 Å². The maximum absolute atomic E-state index is 13.5. The molecule has 1 heterocycles. The average Bonchev–Trinajstić information content (AvgIpc) is 2.80. The van der Waals surface area contributed by atoms with E-state index in [1.165, 1.54) is 12.1 Å². The van der Waals surface area contributed by atoms with Crippen LogP contribution < -0.4 is 5.32 Å². The number of halogens is 1. The van der Waals surface area contributed by atoms with Crippen LogP contribution in [0.4, 0.5) is 16.0 Å². The minimum atomic E-state index is -0.987. The van der Waals surface area contributed by atoms with E-state index in [0.29, 0.717) is 29.1 Å². The fraction of sp³-hybridized carbons (Fsp3) is 0.250. The number of rotatable bonds is 10. The van der Waals surface area contributed by atoms with Crippen molar-refractivity contribution in [2.24, 2.45) is 5.92 Å². The zero-order valence-corrected chi connectivity index (χ0v) is 17.5. The molecule has 0 aliphatic carbocycles. The number of nitrogens with zero attached hydrogens (tertiary/aromatic N) is 3. The Labute approximate surface area is 185 Å². The van der Waals surface area contributed by atoms with Gasteiger partial charge in [-0.05, 0) is 61.4 Å². The molecule has 1 aromatic heterocycles. The Morgan fingerprint density at radius 2 is 1.91 bits per heavy atom. The summed E-state index contributed by atoms with van der Waals surface area (Å²) in [5, 5.41) is 22.0. The normalized spacial score (nSPS) is 12.5. The lowest BCUT2D eigenvalue weighted by Crippen LogP contribution is -2.25. The van der Waals surface area contributed by atoms with Crippen LogP contribution in [0.5, 0.6) is 0 Å². The minimum absolute atomic E-state index is 0.271. The maximum Gasteiger partial charge on any atom is 0.307 e. The largest absolute Gasteiger partial charge is 0.481 e. The third-order valence-electron chi connectivity index (χ3n) is 4.99. The van der Waals surface area contributed by atoms with Crippen LogP contribution in [0.25, 0.3) is 0 Å². The predicted molar refractivity (Wildman–Crippen MR) is 117 cm³/mol. The highest BCUT2D eigenvalue weighted by molar-refractivity contribution is 5.72. The van der Waals surface area contributed by atoms with Crippen LogP contribution in [-0.2, 0) is 9.53 Å². The molecular weight excluding hydrogens is 411 g/mol. The van der Waals surface area contributed by atoms with Crippen LogP contribution in [0.2, 0.25) is 0 Å². The summed E-state index contributed by atoms with van der Waals surface area (Å²) in [6.07, 6.45) is 1.82. The molecule has 3 rings (SSSR count). The Morgan fingerprint density at radius 1 is 1.19 bits per heavy atom. The zero-order valence-electron chi connectivity index (χ0n) is 17.5. The van der Waals surface area contributed by atoms with E-state index >= 15 is 0 Å². The molecule has 0 aliphatic heterocycles. The molecule has 0 fully saturated rings. The van der Waals surface area contributed by atoms with Gasteiger partial charge in [0.1, 0.15) is 5.82 Å². The average molecular weight is 434 g/mol. The summed E-state index contributed by atoms with van der Waals surface area (Å²) in [4.78, 5) is 21.0. The number of hydrogen-bond acceptors (Lipinski definition) is 6. The number of carboxylic acids is 1. The lowest BCUT2D eigenvalue weighted by Gasteiger charge is -2.24. The molecule has 164 valence electrons. The van der Waals surface area contributed by atoms with Gasteiger partial charge < -0.3 is 15.2 Å². The number of carbonyl (C=O) groups is 1. The van der Waals surface area contributed by atoms with E-state index in [2.05, 4.69) is 21.4 Å². The summed E-state index contributed by atoms with van der Waals surface area (Å²) in [6.45, 7) is 2.62. The highest BCUT2D eigenvalue weighted by Crippen LogP contribution is 2.34. The van der Waals surface area contributed by atoms with Crippen molar-refractivity contribution in [3.8, 4) is 6.07 Å². The minimum Gasteiger partial charge on any atom is -0.481 e. The number of ether oxygens (including phenoxy) is 1. The quantitative estimate of drug-likeness (QED) is 0.453. The van der Waals surface area contributed by atoms with Crippen molar-refractivity contribution in [3.63, 3.8) is 0 Å². The van der Waals surface area contributed by atoms with Crippen LogP contribution in [0.1, 0.15) is 36.1 Å². The summed E-state index contributed by atoms with van der Waals surface area (Å²) in [6, 6.07) is 16.3. The van der Waals surface area contributed by atoms with Crippen LogP contribution in [0, 0.1) is 23.1 Å². The number of aliphatic carboxylic acids is 1. The van der Waals surface area contributed by atoms with Crippen molar-refractivity contribution in [2.75, 3.05) is 18.5 Å². The van der Waals surface area contributed by atoms with Gasteiger partial charge in [0.2, 0.25) is 5.95 Å². The Kier molecular flexibility index (Phi) is 7.84. The second kappa shape index (κ2) is 11.0. The molecule has 0 saturated carbocycles. The van der Waals surface area contributed by atoms with Gasteiger partial charge in [0.15, 0.2) is 0 Å². The van der Waals surface area contributed by atoms with Crippen LogP contribution in [-0.4, -0.2) is 34.3 Å². The Bertz CT molecular complexity index is 1080. The van der Waals surface area contributed by atoms with Crippen molar-refractivity contribution >= 4 is 17.6 Å². The molecule has 32 heavy (non-hydrogen) atoms. The zero-order chi connectivity index (χ0) is 22.9. The lowest BCUT2D eigenvalue weighted by atomic mass is 9.81. The molecule has 0 amide bonds. The number of nitrogens with one attached hydrogen (secondary N) is 1.